The number of hydrogen-bond acceptors (Lipinski definition) is 3. The van der Waals surface area contributed by atoms with Gasteiger partial charge in [-0.3, -0.25) is 0 Å². The van der Waals surface area contributed by atoms with Crippen LogP contribution >= 0.6 is 0 Å². The second-order valence-electron chi connectivity index (χ2n) is 11.8. The number of benzene rings is 3. The normalized spacial score (nSPS) is 29.6. The maximum atomic E-state index is 13.0. The fourth-order valence-electron chi connectivity index (χ4n) is 7.59. The molecule has 37 heavy (non-hydrogen) atoms. The predicted molar refractivity (Wildman–Crippen MR) is 148 cm³/mol. The maximum absolute atomic E-state index is 13.0. The Kier molecular flexibility index (Phi) is 6.14. The van der Waals surface area contributed by atoms with E-state index < -0.39 is 0 Å². The van der Waals surface area contributed by atoms with E-state index in [-0.39, 0.29) is 29.1 Å². The van der Waals surface area contributed by atoms with Gasteiger partial charge in [-0.15, -0.1) is 0 Å². The number of rotatable bonds is 7. The molecule has 192 valence electrons. The second-order valence-corrected chi connectivity index (χ2v) is 13.9. The van der Waals surface area contributed by atoms with Gasteiger partial charge < -0.3 is 9.47 Å². The molecule has 3 aliphatic carbocycles. The first-order chi connectivity index (χ1) is 17.8. The number of aryl methyl sites for hydroxylation is 2. The smallest absolute Gasteiger partial charge is 0.344 e. The van der Waals surface area contributed by atoms with Crippen LogP contribution in [-0.4, -0.2) is 18.2 Å². The Labute approximate surface area is 223 Å². The number of hydrogen-bond donors (Lipinski definition) is 0. The lowest BCUT2D eigenvalue weighted by atomic mass is 9.74. The quantitative estimate of drug-likeness (QED) is 0.242. The van der Waals surface area contributed by atoms with Crippen molar-refractivity contribution in [2.24, 2.45) is 23.2 Å². The van der Waals surface area contributed by atoms with Crippen LogP contribution in [0.3, 0.4) is 0 Å². The summed E-state index contributed by atoms with van der Waals surface area (Å²) in [6.07, 6.45) is 4.93. The molecule has 0 saturated heterocycles. The highest BCUT2D eigenvalue weighted by atomic mass is 32.2. The summed E-state index contributed by atoms with van der Waals surface area (Å²) in [5.41, 5.74) is 2.23. The Morgan fingerprint density at radius 2 is 1.49 bits per heavy atom. The topological polar surface area (TPSA) is 35.5 Å². The van der Waals surface area contributed by atoms with Gasteiger partial charge in [-0.2, -0.15) is 0 Å². The van der Waals surface area contributed by atoms with Gasteiger partial charge in [0.25, 0.3) is 0 Å². The fourth-order valence-corrected chi connectivity index (χ4v) is 9.85. The Morgan fingerprint density at radius 1 is 0.892 bits per heavy atom. The van der Waals surface area contributed by atoms with Crippen LogP contribution in [0.1, 0.15) is 50.7 Å². The molecule has 3 fully saturated rings. The van der Waals surface area contributed by atoms with Crippen LogP contribution in [0.4, 0.5) is 0 Å². The van der Waals surface area contributed by atoms with Gasteiger partial charge in [0.15, 0.2) is 21.3 Å². The monoisotopic (exact) mass is 513 g/mol. The van der Waals surface area contributed by atoms with Gasteiger partial charge in [0.05, 0.1) is 10.9 Å². The lowest BCUT2D eigenvalue weighted by molar-refractivity contribution is -0.167. The van der Waals surface area contributed by atoms with Crippen molar-refractivity contribution in [3.05, 3.63) is 83.9 Å². The molecule has 0 radical (unpaired) electrons. The van der Waals surface area contributed by atoms with Crippen LogP contribution in [0.15, 0.2) is 87.5 Å². The molecule has 0 amide bonds. The number of ether oxygens (including phenoxy) is 2. The van der Waals surface area contributed by atoms with E-state index in [1.807, 2.05) is 0 Å². The van der Waals surface area contributed by atoms with Crippen molar-refractivity contribution in [1.29, 1.82) is 0 Å². The molecule has 3 aliphatic rings. The highest BCUT2D eigenvalue weighted by Crippen LogP contribution is 2.76. The number of carbonyl (C=O) groups is 1. The van der Waals surface area contributed by atoms with Gasteiger partial charge in [-0.1, -0.05) is 43.3 Å². The molecule has 5 atom stereocenters. The van der Waals surface area contributed by atoms with Crippen molar-refractivity contribution in [2.75, 3.05) is 6.61 Å². The van der Waals surface area contributed by atoms with Crippen molar-refractivity contribution in [3.63, 3.8) is 0 Å². The summed E-state index contributed by atoms with van der Waals surface area (Å²) >= 11 is 0. The van der Waals surface area contributed by atoms with E-state index in [2.05, 4.69) is 100 Å². The SMILES string of the molecule is Cc1cc([S+](c2ccccc2)c2ccccc2)cc(C)c1OCC(=O)OC1(C)C2CC(C)CC3(C2)CC31. The van der Waals surface area contributed by atoms with Gasteiger partial charge >= 0.3 is 5.97 Å². The molecular weight excluding hydrogens is 476 g/mol. The summed E-state index contributed by atoms with van der Waals surface area (Å²) in [5, 5.41) is 0. The standard InChI is InChI=1S/C33H37O3S/c1-22-15-25-19-33(18-22)20-29(33)32(25,4)36-30(34)21-35-31-23(2)16-28(17-24(31)3)37(26-11-7-5-8-12-26)27-13-9-6-10-14-27/h5-14,16-17,22,25,29H,15,18-21H2,1-4H3/q+1. The summed E-state index contributed by atoms with van der Waals surface area (Å²) < 4.78 is 12.4. The molecule has 5 unspecified atom stereocenters. The summed E-state index contributed by atoms with van der Waals surface area (Å²) in [4.78, 5) is 16.9. The maximum Gasteiger partial charge on any atom is 0.344 e. The minimum absolute atomic E-state index is 0.0400. The third kappa shape index (κ3) is 4.37. The third-order valence-electron chi connectivity index (χ3n) is 9.08. The molecule has 0 aromatic heterocycles. The molecule has 2 bridgehead atoms. The summed E-state index contributed by atoms with van der Waals surface area (Å²) in [6.45, 7) is 8.65. The second kappa shape index (κ2) is 9.23. The molecule has 0 N–H and O–H groups in total. The highest BCUT2D eigenvalue weighted by Gasteiger charge is 2.73. The van der Waals surface area contributed by atoms with Crippen molar-refractivity contribution >= 4 is 16.9 Å². The molecule has 0 aliphatic heterocycles. The first-order valence-corrected chi connectivity index (χ1v) is 14.8. The first kappa shape index (κ1) is 24.6. The fraction of sp³-hybridized carbons (Fsp3) is 0.424. The van der Waals surface area contributed by atoms with E-state index in [1.165, 1.54) is 40.4 Å². The van der Waals surface area contributed by atoms with Gasteiger partial charge in [0.1, 0.15) is 11.4 Å². The Balaban J connectivity index is 1.19. The summed E-state index contributed by atoms with van der Waals surface area (Å²) in [6, 6.07) is 25.8. The van der Waals surface area contributed by atoms with Gasteiger partial charge in [-0.25, -0.2) is 4.79 Å². The average Bonchev–Trinajstić information content (AvgIpc) is 3.53. The lowest BCUT2D eigenvalue weighted by Gasteiger charge is -2.37. The molecule has 1 spiro atoms. The molecule has 6 rings (SSSR count). The molecule has 4 heteroatoms. The minimum atomic E-state index is -0.321. The molecule has 3 saturated carbocycles. The number of carbonyl (C=O) groups excluding carboxylic acids is 1. The number of esters is 1. The van der Waals surface area contributed by atoms with E-state index in [1.54, 1.807) is 0 Å². The van der Waals surface area contributed by atoms with E-state index in [9.17, 15) is 4.79 Å². The molecule has 3 nitrogen and oxygen atoms in total. The third-order valence-corrected chi connectivity index (χ3v) is 11.3. The predicted octanol–water partition coefficient (Wildman–Crippen LogP) is 7.54. The van der Waals surface area contributed by atoms with E-state index >= 15 is 0 Å². The molecule has 3 aromatic carbocycles. The summed E-state index contributed by atoms with van der Waals surface area (Å²) in [5.74, 6) is 2.32. The first-order valence-electron chi connectivity index (χ1n) is 13.6. The summed E-state index contributed by atoms with van der Waals surface area (Å²) in [7, 11) is -0.218. The molecule has 3 aromatic rings. The average molecular weight is 514 g/mol. The van der Waals surface area contributed by atoms with Crippen molar-refractivity contribution in [3.8, 4) is 5.75 Å². The lowest BCUT2D eigenvalue weighted by Crippen LogP contribution is -2.41. The van der Waals surface area contributed by atoms with E-state index in [0.29, 0.717) is 17.3 Å². The van der Waals surface area contributed by atoms with Crippen LogP contribution in [0.5, 0.6) is 5.75 Å². The number of fused-ring (bicyclic) bond motifs is 1. The van der Waals surface area contributed by atoms with Crippen LogP contribution < -0.4 is 4.74 Å². The van der Waals surface area contributed by atoms with E-state index in [4.69, 9.17) is 9.47 Å². The minimum Gasteiger partial charge on any atom is -0.481 e. The van der Waals surface area contributed by atoms with Gasteiger partial charge in [0.2, 0.25) is 0 Å². The van der Waals surface area contributed by atoms with Crippen molar-refractivity contribution < 1.29 is 14.3 Å². The van der Waals surface area contributed by atoms with Crippen LogP contribution in [0.2, 0.25) is 0 Å². The Bertz CT molecular complexity index is 1240. The van der Waals surface area contributed by atoms with Crippen LogP contribution in [0.25, 0.3) is 0 Å². The Morgan fingerprint density at radius 3 is 2.08 bits per heavy atom. The Hall–Kier alpha value is -2.72. The zero-order valence-corrected chi connectivity index (χ0v) is 23.1. The molecular formula is C33H37O3S+. The van der Waals surface area contributed by atoms with Gasteiger partial charge in [0, 0.05) is 18.1 Å². The molecule has 0 heterocycles. The largest absolute Gasteiger partial charge is 0.481 e. The van der Waals surface area contributed by atoms with Gasteiger partial charge in [-0.05, 0) is 99.1 Å². The highest BCUT2D eigenvalue weighted by molar-refractivity contribution is 7.97. The van der Waals surface area contributed by atoms with E-state index in [0.717, 1.165) is 22.8 Å². The van der Waals surface area contributed by atoms with Crippen molar-refractivity contribution in [1.82, 2.24) is 0 Å². The zero-order valence-electron chi connectivity index (χ0n) is 22.3. The van der Waals surface area contributed by atoms with Crippen LogP contribution in [-0.2, 0) is 20.4 Å². The van der Waals surface area contributed by atoms with Crippen LogP contribution in [0, 0.1) is 37.0 Å². The van der Waals surface area contributed by atoms with Crippen molar-refractivity contribution in [2.45, 2.75) is 73.7 Å². The zero-order chi connectivity index (χ0) is 25.8.